The second-order valence-corrected chi connectivity index (χ2v) is 5.82. The molecule has 0 saturated carbocycles. The van der Waals surface area contributed by atoms with Gasteiger partial charge in [-0.15, -0.1) is 6.58 Å². The maximum Gasteiger partial charge on any atom is 0.119 e. The van der Waals surface area contributed by atoms with Gasteiger partial charge in [0.1, 0.15) is 5.75 Å². The Morgan fingerprint density at radius 3 is 3.05 bits per heavy atom. The normalized spacial score (nSPS) is 17.6. The van der Waals surface area contributed by atoms with Crippen molar-refractivity contribution < 1.29 is 4.74 Å². The summed E-state index contributed by atoms with van der Waals surface area (Å²) < 4.78 is 5.82. The van der Waals surface area contributed by atoms with E-state index in [4.69, 9.17) is 4.74 Å². The highest BCUT2D eigenvalue weighted by Gasteiger charge is 2.19. The van der Waals surface area contributed by atoms with Crippen LogP contribution in [0, 0.1) is 0 Å². The molecule has 1 aliphatic rings. The molecule has 2 nitrogen and oxygen atoms in total. The molecule has 1 unspecified atom stereocenters. The summed E-state index contributed by atoms with van der Waals surface area (Å²) in [5, 5.41) is 3.65. The number of rotatable bonds is 7. The Morgan fingerprint density at radius 2 is 2.30 bits per heavy atom. The van der Waals surface area contributed by atoms with Crippen molar-refractivity contribution in [2.24, 2.45) is 0 Å². The fraction of sp³-hybridized carbons (Fsp3) is 0.556. The van der Waals surface area contributed by atoms with E-state index in [0.29, 0.717) is 6.04 Å². The first-order valence-electron chi connectivity index (χ1n) is 7.84. The summed E-state index contributed by atoms with van der Waals surface area (Å²) >= 11 is 0. The van der Waals surface area contributed by atoms with Crippen LogP contribution < -0.4 is 10.1 Å². The molecule has 20 heavy (non-hydrogen) atoms. The number of fused-ring (bicyclic) bond motifs is 1. The third kappa shape index (κ3) is 4.11. The largest absolute Gasteiger partial charge is 0.493 e. The van der Waals surface area contributed by atoms with E-state index in [2.05, 4.69) is 37.0 Å². The predicted octanol–water partition coefficient (Wildman–Crippen LogP) is 4.41. The fourth-order valence-corrected chi connectivity index (χ4v) is 2.75. The fourth-order valence-electron chi connectivity index (χ4n) is 2.75. The minimum absolute atomic E-state index is 0.531. The number of nitrogens with one attached hydrogen (secondary N) is 1. The second-order valence-electron chi connectivity index (χ2n) is 5.82. The van der Waals surface area contributed by atoms with Crippen molar-refractivity contribution in [1.82, 2.24) is 5.32 Å². The Labute approximate surface area is 123 Å². The van der Waals surface area contributed by atoms with Crippen molar-refractivity contribution in [2.75, 3.05) is 13.2 Å². The van der Waals surface area contributed by atoms with Crippen molar-refractivity contribution >= 4 is 0 Å². The molecule has 0 fully saturated rings. The SMILES string of the molecule is C=C(C)CCOc1ccc2c(c1)CCCC2NCCC. The Balaban J connectivity index is 2.01. The van der Waals surface area contributed by atoms with Gasteiger partial charge in [0.15, 0.2) is 0 Å². The van der Waals surface area contributed by atoms with Gasteiger partial charge in [0, 0.05) is 12.5 Å². The molecule has 0 bridgehead atoms. The lowest BCUT2D eigenvalue weighted by Crippen LogP contribution is -2.25. The van der Waals surface area contributed by atoms with Crippen LogP contribution >= 0.6 is 0 Å². The standard InChI is InChI=1S/C18H27NO/c1-4-11-19-18-7-5-6-15-13-16(8-9-17(15)18)20-12-10-14(2)3/h8-9,13,18-19H,2,4-7,10-12H2,1,3H3. The van der Waals surface area contributed by atoms with Crippen LogP contribution in [0.1, 0.15) is 56.7 Å². The Kier molecular flexibility index (Phi) is 5.66. The maximum atomic E-state index is 5.82. The molecule has 1 atom stereocenters. The number of hydrogen-bond donors (Lipinski definition) is 1. The zero-order valence-corrected chi connectivity index (χ0v) is 12.9. The van der Waals surface area contributed by atoms with E-state index in [9.17, 15) is 0 Å². The van der Waals surface area contributed by atoms with Crippen LogP contribution in [0.15, 0.2) is 30.4 Å². The molecule has 0 heterocycles. The molecule has 1 aromatic rings. The average Bonchev–Trinajstić information content (AvgIpc) is 2.44. The summed E-state index contributed by atoms with van der Waals surface area (Å²) in [4.78, 5) is 0. The summed E-state index contributed by atoms with van der Waals surface area (Å²) in [6.07, 6.45) is 5.81. The molecule has 1 N–H and O–H groups in total. The van der Waals surface area contributed by atoms with E-state index in [1.165, 1.54) is 42.4 Å². The van der Waals surface area contributed by atoms with Crippen LogP contribution in [0.3, 0.4) is 0 Å². The molecule has 0 aliphatic heterocycles. The molecule has 0 saturated heterocycles. The lowest BCUT2D eigenvalue weighted by Gasteiger charge is -2.27. The van der Waals surface area contributed by atoms with E-state index in [1.54, 1.807) is 0 Å². The van der Waals surface area contributed by atoms with Crippen LogP contribution in [0.25, 0.3) is 0 Å². The molecule has 0 aromatic heterocycles. The maximum absolute atomic E-state index is 5.82. The number of hydrogen-bond acceptors (Lipinski definition) is 2. The summed E-state index contributed by atoms with van der Waals surface area (Å²) in [7, 11) is 0. The first kappa shape index (κ1) is 15.1. The van der Waals surface area contributed by atoms with Crippen molar-refractivity contribution in [2.45, 2.75) is 52.0 Å². The van der Waals surface area contributed by atoms with Crippen LogP contribution in [-0.4, -0.2) is 13.2 Å². The molecule has 2 heteroatoms. The van der Waals surface area contributed by atoms with Crippen LogP contribution in [0.4, 0.5) is 0 Å². The van der Waals surface area contributed by atoms with E-state index in [0.717, 1.165) is 25.3 Å². The summed E-state index contributed by atoms with van der Waals surface area (Å²) in [5.41, 5.74) is 4.10. The Bertz CT molecular complexity index is 453. The average molecular weight is 273 g/mol. The second kappa shape index (κ2) is 7.49. The highest BCUT2D eigenvalue weighted by Crippen LogP contribution is 2.32. The van der Waals surface area contributed by atoms with E-state index < -0.39 is 0 Å². The summed E-state index contributed by atoms with van der Waals surface area (Å²) in [5.74, 6) is 1.00. The van der Waals surface area contributed by atoms with Crippen molar-refractivity contribution in [3.8, 4) is 5.75 Å². The molecular formula is C18H27NO. The van der Waals surface area contributed by atoms with Gasteiger partial charge in [0.25, 0.3) is 0 Å². The number of aryl methyl sites for hydroxylation is 1. The molecule has 0 amide bonds. The van der Waals surface area contributed by atoms with Crippen molar-refractivity contribution in [3.05, 3.63) is 41.5 Å². The van der Waals surface area contributed by atoms with Crippen molar-refractivity contribution in [1.29, 1.82) is 0 Å². The lowest BCUT2D eigenvalue weighted by molar-refractivity contribution is 0.320. The van der Waals surface area contributed by atoms with Crippen LogP contribution in [0.5, 0.6) is 5.75 Å². The summed E-state index contributed by atoms with van der Waals surface area (Å²) in [6, 6.07) is 7.12. The first-order valence-corrected chi connectivity index (χ1v) is 7.84. The van der Waals surface area contributed by atoms with E-state index in [-0.39, 0.29) is 0 Å². The molecule has 0 spiro atoms. The van der Waals surface area contributed by atoms with Gasteiger partial charge >= 0.3 is 0 Å². The van der Waals surface area contributed by atoms with E-state index >= 15 is 0 Å². The monoisotopic (exact) mass is 273 g/mol. The molecule has 1 aromatic carbocycles. The van der Waals surface area contributed by atoms with Gasteiger partial charge in [0.2, 0.25) is 0 Å². The highest BCUT2D eigenvalue weighted by atomic mass is 16.5. The zero-order chi connectivity index (χ0) is 14.4. The minimum Gasteiger partial charge on any atom is -0.493 e. The van der Waals surface area contributed by atoms with E-state index in [1.807, 2.05) is 6.92 Å². The third-order valence-corrected chi connectivity index (χ3v) is 3.87. The third-order valence-electron chi connectivity index (χ3n) is 3.87. The van der Waals surface area contributed by atoms with Crippen LogP contribution in [-0.2, 0) is 6.42 Å². The zero-order valence-electron chi connectivity index (χ0n) is 12.9. The first-order chi connectivity index (χ1) is 9.70. The molecule has 1 aliphatic carbocycles. The lowest BCUT2D eigenvalue weighted by atomic mass is 9.87. The quantitative estimate of drug-likeness (QED) is 0.743. The van der Waals surface area contributed by atoms with Gasteiger partial charge in [-0.1, -0.05) is 18.6 Å². The van der Waals surface area contributed by atoms with Gasteiger partial charge in [-0.2, -0.15) is 0 Å². The number of ether oxygens (including phenoxy) is 1. The molecule has 0 radical (unpaired) electrons. The summed E-state index contributed by atoms with van der Waals surface area (Å²) in [6.45, 7) is 9.99. The van der Waals surface area contributed by atoms with Gasteiger partial charge in [-0.3, -0.25) is 0 Å². The van der Waals surface area contributed by atoms with Gasteiger partial charge in [0.05, 0.1) is 6.61 Å². The predicted molar refractivity (Wildman–Crippen MR) is 85.3 cm³/mol. The Morgan fingerprint density at radius 1 is 1.45 bits per heavy atom. The van der Waals surface area contributed by atoms with Crippen LogP contribution in [0.2, 0.25) is 0 Å². The topological polar surface area (TPSA) is 21.3 Å². The van der Waals surface area contributed by atoms with Gasteiger partial charge < -0.3 is 10.1 Å². The van der Waals surface area contributed by atoms with Crippen molar-refractivity contribution in [3.63, 3.8) is 0 Å². The molecular weight excluding hydrogens is 246 g/mol. The van der Waals surface area contributed by atoms with Gasteiger partial charge in [-0.05, 0) is 62.4 Å². The number of benzene rings is 1. The van der Waals surface area contributed by atoms with Gasteiger partial charge in [-0.25, -0.2) is 0 Å². The molecule has 2 rings (SSSR count). The smallest absolute Gasteiger partial charge is 0.119 e. The molecule has 110 valence electrons. The highest BCUT2D eigenvalue weighted by molar-refractivity contribution is 5.39. The Hall–Kier alpha value is -1.28. The minimum atomic E-state index is 0.531.